The number of aromatic nitrogens is 5. The Kier molecular flexibility index (Phi) is 9.12. The van der Waals surface area contributed by atoms with Crippen LogP contribution in [0, 0.1) is 17.9 Å². The van der Waals surface area contributed by atoms with Crippen LogP contribution in [-0.2, 0) is 0 Å². The van der Waals surface area contributed by atoms with Crippen LogP contribution in [-0.4, -0.2) is 24.1 Å². The van der Waals surface area contributed by atoms with Gasteiger partial charge in [-0.2, -0.15) is 5.26 Å². The van der Waals surface area contributed by atoms with Crippen molar-refractivity contribution in [2.45, 2.75) is 0 Å². The number of hydrogen-bond donors (Lipinski definition) is 0. The first-order valence-electron chi connectivity index (χ1n) is 21.7. The Morgan fingerprint density at radius 1 is 0.379 bits per heavy atom. The normalized spacial score (nSPS) is 11.3. The molecule has 0 aliphatic heterocycles. The minimum absolute atomic E-state index is 0.429. The first-order valence-corrected chi connectivity index (χ1v) is 21.7. The summed E-state index contributed by atoms with van der Waals surface area (Å²) in [7, 11) is 0. The maximum atomic E-state index is 9.82. The van der Waals surface area contributed by atoms with Gasteiger partial charge in [0.15, 0.2) is 23.2 Å². The summed E-state index contributed by atoms with van der Waals surface area (Å²) in [6.07, 6.45) is 0. The van der Waals surface area contributed by atoms with E-state index in [9.17, 15) is 5.26 Å². The van der Waals surface area contributed by atoms with Gasteiger partial charge in [-0.15, -0.1) is 0 Å². The number of fused-ring (bicyclic) bond motifs is 6. The van der Waals surface area contributed by atoms with Crippen LogP contribution in [0.1, 0.15) is 5.56 Å². The zero-order valence-electron chi connectivity index (χ0n) is 35.3. The number of para-hydroxylation sites is 4. The van der Waals surface area contributed by atoms with E-state index < -0.39 is 0 Å². The molecule has 0 saturated carbocycles. The van der Waals surface area contributed by atoms with Crippen molar-refractivity contribution in [2.75, 3.05) is 0 Å². The van der Waals surface area contributed by atoms with Gasteiger partial charge in [0, 0.05) is 49.4 Å². The number of nitrogens with zero attached hydrogens (tertiary/aromatic N) is 7. The van der Waals surface area contributed by atoms with E-state index in [1.54, 1.807) is 6.07 Å². The Hall–Kier alpha value is -9.43. The maximum absolute atomic E-state index is 9.82. The van der Waals surface area contributed by atoms with Crippen LogP contribution >= 0.6 is 0 Å². The lowest BCUT2D eigenvalue weighted by molar-refractivity contribution is 1.06. The minimum Gasteiger partial charge on any atom is -0.309 e. The zero-order chi connectivity index (χ0) is 44.1. The summed E-state index contributed by atoms with van der Waals surface area (Å²) in [5, 5.41) is 14.3. The molecule has 66 heavy (non-hydrogen) atoms. The van der Waals surface area contributed by atoms with E-state index in [-0.39, 0.29) is 0 Å². The molecule has 3 aromatic heterocycles. The predicted octanol–water partition coefficient (Wildman–Crippen LogP) is 14.8. The van der Waals surface area contributed by atoms with Crippen molar-refractivity contribution in [2.24, 2.45) is 0 Å². The molecule has 0 bridgehead atoms. The molecule has 7 nitrogen and oxygen atoms in total. The lowest BCUT2D eigenvalue weighted by Gasteiger charge is -2.18. The van der Waals surface area contributed by atoms with Crippen molar-refractivity contribution in [3.8, 4) is 73.9 Å². The van der Waals surface area contributed by atoms with Crippen LogP contribution in [0.4, 0.5) is 5.69 Å². The summed E-state index contributed by atoms with van der Waals surface area (Å²) in [6.45, 7) is 7.71. The number of rotatable bonds is 7. The van der Waals surface area contributed by atoms with E-state index in [4.69, 9.17) is 21.5 Å². The Bertz CT molecular complexity index is 3820. The van der Waals surface area contributed by atoms with Gasteiger partial charge in [-0.05, 0) is 83.4 Å². The molecule has 0 N–H and O–H groups in total. The molecule has 12 aromatic rings. The number of benzene rings is 9. The third kappa shape index (κ3) is 6.39. The predicted molar refractivity (Wildman–Crippen MR) is 267 cm³/mol. The third-order valence-corrected chi connectivity index (χ3v) is 12.4. The minimum atomic E-state index is 0.429. The summed E-state index contributed by atoms with van der Waals surface area (Å²) < 4.78 is 4.67. The van der Waals surface area contributed by atoms with Crippen molar-refractivity contribution >= 4 is 49.3 Å². The average molecular weight is 842 g/mol. The molecule has 0 unspecified atom stereocenters. The first kappa shape index (κ1) is 38.3. The molecule has 0 fully saturated rings. The van der Waals surface area contributed by atoms with Crippen molar-refractivity contribution in [1.29, 1.82) is 5.26 Å². The maximum Gasteiger partial charge on any atom is 0.189 e. The highest BCUT2D eigenvalue weighted by atomic mass is 15.1. The summed E-state index contributed by atoms with van der Waals surface area (Å²) in [4.78, 5) is 19.4. The Balaban J connectivity index is 1.14. The van der Waals surface area contributed by atoms with Gasteiger partial charge in [-0.1, -0.05) is 146 Å². The molecule has 306 valence electrons. The molecule has 0 radical (unpaired) electrons. The highest BCUT2D eigenvalue weighted by Crippen LogP contribution is 2.42. The van der Waals surface area contributed by atoms with Gasteiger partial charge < -0.3 is 9.13 Å². The van der Waals surface area contributed by atoms with E-state index in [0.717, 1.165) is 83.2 Å². The molecule has 9 aromatic carbocycles. The number of hydrogen-bond acceptors (Lipinski definition) is 4. The van der Waals surface area contributed by atoms with Gasteiger partial charge >= 0.3 is 0 Å². The van der Waals surface area contributed by atoms with E-state index in [1.165, 1.54) is 10.8 Å². The molecule has 0 atom stereocenters. The fourth-order valence-corrected chi connectivity index (χ4v) is 9.42. The van der Waals surface area contributed by atoms with Crippen LogP contribution in [0.5, 0.6) is 0 Å². The van der Waals surface area contributed by atoms with Crippen molar-refractivity contribution in [1.82, 2.24) is 24.1 Å². The van der Waals surface area contributed by atoms with Gasteiger partial charge in [-0.25, -0.2) is 19.8 Å². The zero-order valence-corrected chi connectivity index (χ0v) is 35.3. The summed E-state index contributed by atoms with van der Waals surface area (Å²) in [5.74, 6) is 1.69. The lowest BCUT2D eigenvalue weighted by Crippen LogP contribution is -2.04. The van der Waals surface area contributed by atoms with Crippen LogP contribution < -0.4 is 0 Å². The standard InChI is InChI=1S/C59H35N7/c1-61-44-33-38(37-60)32-43(34-44)41-28-30-55-49(35-41)48-23-11-15-27-54(48)66(55)56-31-29-42(45-20-8-12-24-51(45)65-52-25-13-9-21-46(52)47-22-10-14-26-53(47)65)36-50(56)59-63-57(39-16-4-2-5-17-39)62-58(64-59)40-18-6-3-7-19-40/h2-36H. The summed E-state index contributed by atoms with van der Waals surface area (Å²) in [6, 6.07) is 74.9. The highest BCUT2D eigenvalue weighted by Gasteiger charge is 2.22. The van der Waals surface area contributed by atoms with Gasteiger partial charge in [0.2, 0.25) is 0 Å². The molecular formula is C59H35N7. The largest absolute Gasteiger partial charge is 0.309 e. The third-order valence-electron chi connectivity index (χ3n) is 12.4. The summed E-state index contributed by atoms with van der Waals surface area (Å²) >= 11 is 0. The molecule has 3 heterocycles. The van der Waals surface area contributed by atoms with Crippen molar-refractivity contribution in [3.05, 3.63) is 229 Å². The highest BCUT2D eigenvalue weighted by molar-refractivity contribution is 6.12. The molecule has 0 aliphatic carbocycles. The molecular weight excluding hydrogens is 807 g/mol. The average Bonchev–Trinajstić information content (AvgIpc) is 3.91. The molecule has 0 saturated heterocycles. The Labute approximate surface area is 380 Å². The Morgan fingerprint density at radius 3 is 1.48 bits per heavy atom. The molecule has 0 spiro atoms. The van der Waals surface area contributed by atoms with E-state index in [2.05, 4.69) is 154 Å². The second-order valence-corrected chi connectivity index (χ2v) is 16.2. The van der Waals surface area contributed by atoms with Gasteiger partial charge in [0.05, 0.1) is 46.1 Å². The molecule has 12 rings (SSSR count). The molecule has 0 amide bonds. The van der Waals surface area contributed by atoms with Crippen LogP contribution in [0.3, 0.4) is 0 Å². The van der Waals surface area contributed by atoms with Crippen molar-refractivity contribution < 1.29 is 0 Å². The topological polar surface area (TPSA) is 76.7 Å². The molecule has 0 aliphatic rings. The molecule has 7 heteroatoms. The smallest absolute Gasteiger partial charge is 0.189 e. The first-order chi connectivity index (χ1) is 32.6. The Morgan fingerprint density at radius 2 is 0.879 bits per heavy atom. The van der Waals surface area contributed by atoms with E-state index in [1.807, 2.05) is 72.8 Å². The second-order valence-electron chi connectivity index (χ2n) is 16.2. The van der Waals surface area contributed by atoms with Crippen LogP contribution in [0.15, 0.2) is 212 Å². The summed E-state index contributed by atoms with van der Waals surface area (Å²) in [5.41, 5.74) is 13.5. The second kappa shape index (κ2) is 15.7. The van der Waals surface area contributed by atoms with E-state index in [0.29, 0.717) is 28.7 Å². The lowest BCUT2D eigenvalue weighted by atomic mass is 9.98. The fourth-order valence-electron chi connectivity index (χ4n) is 9.42. The van der Waals surface area contributed by atoms with E-state index >= 15 is 0 Å². The monoisotopic (exact) mass is 841 g/mol. The van der Waals surface area contributed by atoms with Gasteiger partial charge in [0.25, 0.3) is 0 Å². The van der Waals surface area contributed by atoms with Gasteiger partial charge in [0.1, 0.15) is 0 Å². The SMILES string of the molecule is [C-]#[N+]c1cc(C#N)cc(-c2ccc3c(c2)c2ccccc2n3-c2ccc(-c3ccccc3-n3c4ccccc4c4ccccc43)cc2-c2nc(-c3ccccc3)nc(-c3ccccc3)n2)c1. The van der Waals surface area contributed by atoms with Crippen LogP contribution in [0.25, 0.3) is 116 Å². The van der Waals surface area contributed by atoms with Crippen molar-refractivity contribution in [3.63, 3.8) is 0 Å². The van der Waals surface area contributed by atoms with Crippen LogP contribution in [0.2, 0.25) is 0 Å². The number of nitriles is 1. The fraction of sp³-hybridized carbons (Fsp3) is 0. The quantitative estimate of drug-likeness (QED) is 0.150. The van der Waals surface area contributed by atoms with Gasteiger partial charge in [-0.3, -0.25) is 0 Å².